The zero-order chi connectivity index (χ0) is 22.9. The Hall–Kier alpha value is -1.60. The summed E-state index contributed by atoms with van der Waals surface area (Å²) in [6, 6.07) is 5.43. The van der Waals surface area contributed by atoms with Crippen LogP contribution in [0, 0.1) is 0 Å². The highest BCUT2D eigenvalue weighted by Gasteiger charge is 2.27. The van der Waals surface area contributed by atoms with Crippen LogP contribution in [0.1, 0.15) is 91.9 Å². The van der Waals surface area contributed by atoms with Crippen LogP contribution in [0.15, 0.2) is 23.1 Å². The van der Waals surface area contributed by atoms with Crippen molar-refractivity contribution in [1.29, 1.82) is 0 Å². The molecule has 1 aromatic carbocycles. The van der Waals surface area contributed by atoms with Gasteiger partial charge in [0.15, 0.2) is 0 Å². The molecule has 2 N–H and O–H groups in total. The molecule has 2 atom stereocenters. The molecule has 0 saturated carbocycles. The molecule has 1 aliphatic rings. The lowest BCUT2D eigenvalue weighted by atomic mass is 10.0. The van der Waals surface area contributed by atoms with Crippen molar-refractivity contribution < 1.29 is 13.2 Å². The Morgan fingerprint density at radius 2 is 1.90 bits per heavy atom. The first-order chi connectivity index (χ1) is 14.8. The first-order valence-corrected chi connectivity index (χ1v) is 13.5. The first-order valence-electron chi connectivity index (χ1n) is 12.0. The van der Waals surface area contributed by atoms with Crippen molar-refractivity contribution in [2.24, 2.45) is 0 Å². The van der Waals surface area contributed by atoms with Gasteiger partial charge in [-0.2, -0.15) is 0 Å². The maximum absolute atomic E-state index is 13.2. The minimum atomic E-state index is -3.70. The van der Waals surface area contributed by atoms with E-state index >= 15 is 0 Å². The SMILES string of the molecule is CCCCCCCC(=O)Nc1ccc(N2CCCC[C@H]2C)c(S(=O)(=O)N[C@H](C)CC)c1. The molecular weight excluding hydrogens is 410 g/mol. The highest BCUT2D eigenvalue weighted by Crippen LogP contribution is 2.33. The van der Waals surface area contributed by atoms with Gasteiger partial charge in [0.1, 0.15) is 4.90 Å². The fraction of sp³-hybridized carbons (Fsp3) is 0.708. The van der Waals surface area contributed by atoms with Gasteiger partial charge in [-0.05, 0) is 64.2 Å². The average Bonchev–Trinajstić information content (AvgIpc) is 2.73. The number of hydrogen-bond acceptors (Lipinski definition) is 4. The zero-order valence-corrected chi connectivity index (χ0v) is 20.6. The monoisotopic (exact) mass is 451 g/mol. The van der Waals surface area contributed by atoms with Crippen molar-refractivity contribution >= 4 is 27.3 Å². The predicted molar refractivity (Wildman–Crippen MR) is 129 cm³/mol. The molecule has 0 aromatic heterocycles. The lowest BCUT2D eigenvalue weighted by Crippen LogP contribution is -2.39. The number of benzene rings is 1. The predicted octanol–water partition coefficient (Wildman–Crippen LogP) is 5.44. The van der Waals surface area contributed by atoms with Gasteiger partial charge < -0.3 is 10.2 Å². The third-order valence-corrected chi connectivity index (χ3v) is 7.74. The Morgan fingerprint density at radius 1 is 1.16 bits per heavy atom. The topological polar surface area (TPSA) is 78.5 Å². The fourth-order valence-electron chi connectivity index (χ4n) is 4.02. The van der Waals surface area contributed by atoms with Crippen LogP contribution in [-0.2, 0) is 14.8 Å². The van der Waals surface area contributed by atoms with Crippen molar-refractivity contribution in [1.82, 2.24) is 4.72 Å². The molecule has 2 rings (SSSR count). The molecule has 0 unspecified atom stereocenters. The van der Waals surface area contributed by atoms with Crippen LogP contribution < -0.4 is 14.9 Å². The fourth-order valence-corrected chi connectivity index (χ4v) is 5.59. The van der Waals surface area contributed by atoms with Crippen molar-refractivity contribution in [3.05, 3.63) is 18.2 Å². The molecule has 6 nitrogen and oxygen atoms in total. The lowest BCUT2D eigenvalue weighted by Gasteiger charge is -2.36. The smallest absolute Gasteiger partial charge is 0.242 e. The van der Waals surface area contributed by atoms with E-state index < -0.39 is 10.0 Å². The van der Waals surface area contributed by atoms with Gasteiger partial charge in [0.05, 0.1) is 5.69 Å². The number of nitrogens with one attached hydrogen (secondary N) is 2. The zero-order valence-electron chi connectivity index (χ0n) is 19.7. The summed E-state index contributed by atoms with van der Waals surface area (Å²) in [6.45, 7) is 8.98. The highest BCUT2D eigenvalue weighted by molar-refractivity contribution is 7.89. The van der Waals surface area contributed by atoms with Crippen LogP contribution in [-0.4, -0.2) is 33.0 Å². The second-order valence-corrected chi connectivity index (χ2v) is 10.5. The molecule has 1 fully saturated rings. The van der Waals surface area contributed by atoms with E-state index in [1.165, 1.54) is 12.8 Å². The Morgan fingerprint density at radius 3 is 2.58 bits per heavy atom. The second-order valence-electron chi connectivity index (χ2n) is 8.86. The molecule has 0 spiro atoms. The number of rotatable bonds is 12. The molecule has 1 amide bonds. The van der Waals surface area contributed by atoms with E-state index in [-0.39, 0.29) is 22.9 Å². The summed E-state index contributed by atoms with van der Waals surface area (Å²) in [4.78, 5) is 14.8. The number of unbranched alkanes of at least 4 members (excludes halogenated alkanes) is 4. The largest absolute Gasteiger partial charge is 0.368 e. The highest BCUT2D eigenvalue weighted by atomic mass is 32.2. The standard InChI is InChI=1S/C24H41N3O3S/c1-5-7-8-9-10-14-24(28)25-21-15-16-22(27-17-12-11-13-20(27)4)23(18-21)31(29,30)26-19(3)6-2/h15-16,18-20,26H,5-14,17H2,1-4H3,(H,25,28)/t19-,20-/m1/s1. The summed E-state index contributed by atoms with van der Waals surface area (Å²) in [5.74, 6) is -0.0613. The molecule has 1 aliphatic heterocycles. The van der Waals surface area contributed by atoms with E-state index in [4.69, 9.17) is 0 Å². The number of carbonyl (C=O) groups excluding carboxylic acids is 1. The maximum atomic E-state index is 13.2. The van der Waals surface area contributed by atoms with Gasteiger partial charge in [0.2, 0.25) is 15.9 Å². The van der Waals surface area contributed by atoms with Gasteiger partial charge in [-0.15, -0.1) is 0 Å². The quantitative estimate of drug-likeness (QED) is 0.415. The second kappa shape index (κ2) is 12.4. The van der Waals surface area contributed by atoms with E-state index in [0.717, 1.165) is 50.8 Å². The molecule has 176 valence electrons. The molecule has 1 heterocycles. The van der Waals surface area contributed by atoms with E-state index in [1.807, 2.05) is 26.0 Å². The number of anilines is 2. The summed E-state index contributed by atoms with van der Waals surface area (Å²) in [5.41, 5.74) is 1.26. The van der Waals surface area contributed by atoms with Gasteiger partial charge in [0, 0.05) is 30.7 Å². The Kier molecular flexibility index (Phi) is 10.3. The Labute approximate surface area is 189 Å². The van der Waals surface area contributed by atoms with E-state index in [2.05, 4.69) is 28.8 Å². The van der Waals surface area contributed by atoms with Crippen molar-refractivity contribution in [3.8, 4) is 0 Å². The van der Waals surface area contributed by atoms with E-state index in [1.54, 1.807) is 6.07 Å². The number of carbonyl (C=O) groups is 1. The van der Waals surface area contributed by atoms with Crippen LogP contribution in [0.2, 0.25) is 0 Å². The third-order valence-electron chi connectivity index (χ3n) is 6.12. The van der Waals surface area contributed by atoms with E-state index in [0.29, 0.717) is 18.5 Å². The molecule has 31 heavy (non-hydrogen) atoms. The van der Waals surface area contributed by atoms with Crippen LogP contribution >= 0.6 is 0 Å². The molecule has 1 saturated heterocycles. The molecule has 7 heteroatoms. The maximum Gasteiger partial charge on any atom is 0.242 e. The normalized spacial score (nSPS) is 18.1. The van der Waals surface area contributed by atoms with Crippen molar-refractivity contribution in [2.45, 2.75) is 109 Å². The minimum Gasteiger partial charge on any atom is -0.368 e. The van der Waals surface area contributed by atoms with Crippen molar-refractivity contribution in [2.75, 3.05) is 16.8 Å². The summed E-state index contributed by atoms with van der Waals surface area (Å²) >= 11 is 0. The van der Waals surface area contributed by atoms with Crippen molar-refractivity contribution in [3.63, 3.8) is 0 Å². The number of hydrogen-bond donors (Lipinski definition) is 2. The summed E-state index contributed by atoms with van der Waals surface area (Å²) in [7, 11) is -3.70. The van der Waals surface area contributed by atoms with Crippen LogP contribution in [0.3, 0.4) is 0 Å². The summed E-state index contributed by atoms with van der Waals surface area (Å²) in [5, 5.41) is 2.90. The molecule has 0 radical (unpaired) electrons. The molecular formula is C24H41N3O3S. The number of sulfonamides is 1. The number of piperidine rings is 1. The Balaban J connectivity index is 2.23. The van der Waals surface area contributed by atoms with Gasteiger partial charge in [-0.1, -0.05) is 39.5 Å². The molecule has 0 aliphatic carbocycles. The minimum absolute atomic E-state index is 0.0613. The number of amides is 1. The molecule has 0 bridgehead atoms. The van der Waals surface area contributed by atoms with Gasteiger partial charge >= 0.3 is 0 Å². The van der Waals surface area contributed by atoms with Gasteiger partial charge in [-0.25, -0.2) is 13.1 Å². The average molecular weight is 452 g/mol. The lowest BCUT2D eigenvalue weighted by molar-refractivity contribution is -0.116. The first kappa shape index (κ1) is 25.7. The molecule has 1 aromatic rings. The van der Waals surface area contributed by atoms with Gasteiger partial charge in [-0.3, -0.25) is 4.79 Å². The van der Waals surface area contributed by atoms with Gasteiger partial charge in [0.25, 0.3) is 0 Å². The van der Waals surface area contributed by atoms with E-state index in [9.17, 15) is 13.2 Å². The third kappa shape index (κ3) is 7.79. The van der Waals surface area contributed by atoms with Crippen LogP contribution in [0.25, 0.3) is 0 Å². The van der Waals surface area contributed by atoms with Crippen LogP contribution in [0.4, 0.5) is 11.4 Å². The summed E-state index contributed by atoms with van der Waals surface area (Å²) in [6.07, 6.45) is 9.87. The summed E-state index contributed by atoms with van der Waals surface area (Å²) < 4.78 is 29.2. The van der Waals surface area contributed by atoms with Crippen LogP contribution in [0.5, 0.6) is 0 Å². The Bertz CT molecular complexity index is 810. The number of nitrogens with zero attached hydrogens (tertiary/aromatic N) is 1.